The number of nitrogens with one attached hydrogen (secondary N) is 1. The number of piperazine rings is 1. The molecule has 4 heteroatoms. The Morgan fingerprint density at radius 2 is 2.21 bits per heavy atom. The van der Waals surface area contributed by atoms with Crippen molar-refractivity contribution in [3.05, 3.63) is 23.9 Å². The van der Waals surface area contributed by atoms with Gasteiger partial charge in [0.05, 0.1) is 0 Å². The number of hydrogen-bond acceptors (Lipinski definition) is 4. The van der Waals surface area contributed by atoms with E-state index in [-0.39, 0.29) is 0 Å². The van der Waals surface area contributed by atoms with Crippen LogP contribution in [0.25, 0.3) is 0 Å². The molecule has 1 unspecified atom stereocenters. The molecule has 2 rings (SSSR count). The third-order valence-corrected chi connectivity index (χ3v) is 3.83. The van der Waals surface area contributed by atoms with Crippen molar-refractivity contribution in [3.8, 4) is 0 Å². The molecule has 1 saturated heterocycles. The van der Waals surface area contributed by atoms with Gasteiger partial charge in [0, 0.05) is 50.0 Å². The van der Waals surface area contributed by atoms with Crippen LogP contribution in [0.4, 0.5) is 5.82 Å². The summed E-state index contributed by atoms with van der Waals surface area (Å²) in [5.74, 6) is 1.15. The number of hydrogen-bond donors (Lipinski definition) is 1. The molecule has 19 heavy (non-hydrogen) atoms. The minimum absolute atomic E-state index is 0.500. The molecule has 0 saturated carbocycles. The highest BCUT2D eigenvalue weighted by Gasteiger charge is 2.22. The largest absolute Gasteiger partial charge is 0.354 e. The SMILES string of the molecule is CC(C)NCc1cccnc1N1CCN(C)C(C)C1. The van der Waals surface area contributed by atoms with E-state index >= 15 is 0 Å². The number of likely N-dealkylation sites (N-methyl/N-ethyl adjacent to an activating group) is 1. The summed E-state index contributed by atoms with van der Waals surface area (Å²) in [6.45, 7) is 10.7. The molecule has 1 N–H and O–H groups in total. The van der Waals surface area contributed by atoms with Crippen LogP contribution in [0, 0.1) is 0 Å². The van der Waals surface area contributed by atoms with Gasteiger partial charge in [0.1, 0.15) is 5.82 Å². The molecule has 0 aromatic carbocycles. The van der Waals surface area contributed by atoms with Gasteiger partial charge in [-0.15, -0.1) is 0 Å². The third-order valence-electron chi connectivity index (χ3n) is 3.83. The van der Waals surface area contributed by atoms with Gasteiger partial charge in [0.2, 0.25) is 0 Å². The lowest BCUT2D eigenvalue weighted by Crippen LogP contribution is -2.50. The van der Waals surface area contributed by atoms with Crippen LogP contribution in [-0.2, 0) is 6.54 Å². The molecule has 0 bridgehead atoms. The van der Waals surface area contributed by atoms with E-state index in [1.54, 1.807) is 0 Å². The number of pyridine rings is 1. The summed E-state index contributed by atoms with van der Waals surface area (Å²) in [6.07, 6.45) is 1.90. The van der Waals surface area contributed by atoms with Crippen molar-refractivity contribution < 1.29 is 0 Å². The number of aromatic nitrogens is 1. The minimum Gasteiger partial charge on any atom is -0.354 e. The molecule has 2 heterocycles. The van der Waals surface area contributed by atoms with Crippen molar-refractivity contribution in [1.29, 1.82) is 0 Å². The summed E-state index contributed by atoms with van der Waals surface area (Å²) in [4.78, 5) is 9.43. The average molecular weight is 262 g/mol. The van der Waals surface area contributed by atoms with Gasteiger partial charge in [-0.3, -0.25) is 0 Å². The van der Waals surface area contributed by atoms with E-state index in [2.05, 4.69) is 54.0 Å². The maximum absolute atomic E-state index is 4.61. The normalized spacial score (nSPS) is 21.1. The van der Waals surface area contributed by atoms with Crippen LogP contribution in [0.2, 0.25) is 0 Å². The summed E-state index contributed by atoms with van der Waals surface area (Å²) in [5, 5.41) is 3.48. The third kappa shape index (κ3) is 3.67. The molecular formula is C15H26N4. The van der Waals surface area contributed by atoms with Gasteiger partial charge < -0.3 is 15.1 Å². The summed E-state index contributed by atoms with van der Waals surface area (Å²) in [5.41, 5.74) is 1.30. The van der Waals surface area contributed by atoms with E-state index in [9.17, 15) is 0 Å². The lowest BCUT2D eigenvalue weighted by Gasteiger charge is -2.39. The van der Waals surface area contributed by atoms with Crippen LogP contribution in [0.5, 0.6) is 0 Å². The maximum Gasteiger partial charge on any atom is 0.133 e. The summed E-state index contributed by atoms with van der Waals surface area (Å²) in [6, 6.07) is 5.29. The topological polar surface area (TPSA) is 31.4 Å². The molecule has 0 aliphatic carbocycles. The smallest absolute Gasteiger partial charge is 0.133 e. The molecule has 0 radical (unpaired) electrons. The first-order chi connectivity index (χ1) is 9.08. The first-order valence-electron chi connectivity index (χ1n) is 7.20. The van der Waals surface area contributed by atoms with Crippen molar-refractivity contribution >= 4 is 5.82 Å². The van der Waals surface area contributed by atoms with E-state index < -0.39 is 0 Å². The van der Waals surface area contributed by atoms with Crippen LogP contribution in [0.3, 0.4) is 0 Å². The Balaban J connectivity index is 2.10. The van der Waals surface area contributed by atoms with Crippen molar-refractivity contribution in [2.75, 3.05) is 31.6 Å². The van der Waals surface area contributed by atoms with Crippen LogP contribution >= 0.6 is 0 Å². The molecule has 1 aliphatic heterocycles. The molecule has 1 aromatic rings. The second-order valence-electron chi connectivity index (χ2n) is 5.80. The highest BCUT2D eigenvalue weighted by atomic mass is 15.3. The van der Waals surface area contributed by atoms with Crippen molar-refractivity contribution in [2.24, 2.45) is 0 Å². The summed E-state index contributed by atoms with van der Waals surface area (Å²) in [7, 11) is 2.20. The Kier molecular flexibility index (Phi) is 4.77. The maximum atomic E-state index is 4.61. The Labute approximate surface area is 116 Å². The zero-order valence-corrected chi connectivity index (χ0v) is 12.6. The van der Waals surface area contributed by atoms with Gasteiger partial charge in [0.15, 0.2) is 0 Å². The van der Waals surface area contributed by atoms with Crippen molar-refractivity contribution in [2.45, 2.75) is 39.4 Å². The van der Waals surface area contributed by atoms with Crippen molar-refractivity contribution in [3.63, 3.8) is 0 Å². The minimum atomic E-state index is 0.500. The zero-order chi connectivity index (χ0) is 13.8. The standard InChI is InChI=1S/C15H26N4/c1-12(2)17-10-14-6-5-7-16-15(14)19-9-8-18(4)13(3)11-19/h5-7,12-13,17H,8-11H2,1-4H3. The highest BCUT2D eigenvalue weighted by molar-refractivity contribution is 5.47. The molecule has 1 aromatic heterocycles. The van der Waals surface area contributed by atoms with Crippen LogP contribution in [0.15, 0.2) is 18.3 Å². The fraction of sp³-hybridized carbons (Fsp3) is 0.667. The molecular weight excluding hydrogens is 236 g/mol. The van der Waals surface area contributed by atoms with Crippen LogP contribution < -0.4 is 10.2 Å². The zero-order valence-electron chi connectivity index (χ0n) is 12.6. The second kappa shape index (κ2) is 6.35. The quantitative estimate of drug-likeness (QED) is 0.895. The predicted octanol–water partition coefficient (Wildman–Crippen LogP) is 1.72. The summed E-state index contributed by atoms with van der Waals surface area (Å²) < 4.78 is 0. The van der Waals surface area contributed by atoms with Gasteiger partial charge in [-0.25, -0.2) is 4.98 Å². The fourth-order valence-corrected chi connectivity index (χ4v) is 2.41. The first-order valence-corrected chi connectivity index (χ1v) is 7.20. The monoisotopic (exact) mass is 262 g/mol. The molecule has 0 spiro atoms. The second-order valence-corrected chi connectivity index (χ2v) is 5.80. The molecule has 1 fully saturated rings. The Hall–Kier alpha value is -1.13. The summed E-state index contributed by atoms with van der Waals surface area (Å²) >= 11 is 0. The molecule has 4 nitrogen and oxygen atoms in total. The van der Waals surface area contributed by atoms with Gasteiger partial charge in [-0.1, -0.05) is 19.9 Å². The Morgan fingerprint density at radius 1 is 1.42 bits per heavy atom. The lowest BCUT2D eigenvalue weighted by molar-refractivity contribution is 0.233. The number of nitrogens with zero attached hydrogens (tertiary/aromatic N) is 3. The predicted molar refractivity (Wildman–Crippen MR) is 80.5 cm³/mol. The van der Waals surface area contributed by atoms with Gasteiger partial charge in [-0.05, 0) is 20.0 Å². The van der Waals surface area contributed by atoms with E-state index in [0.29, 0.717) is 12.1 Å². The van der Waals surface area contributed by atoms with E-state index in [1.807, 2.05) is 12.3 Å². The number of anilines is 1. The van der Waals surface area contributed by atoms with E-state index in [4.69, 9.17) is 0 Å². The van der Waals surface area contributed by atoms with Crippen molar-refractivity contribution in [1.82, 2.24) is 15.2 Å². The molecule has 1 aliphatic rings. The van der Waals surface area contributed by atoms with E-state index in [0.717, 1.165) is 32.0 Å². The Bertz CT molecular complexity index is 405. The lowest BCUT2D eigenvalue weighted by atomic mass is 10.1. The van der Waals surface area contributed by atoms with Crippen LogP contribution in [-0.4, -0.2) is 48.6 Å². The molecule has 1 atom stereocenters. The Morgan fingerprint density at radius 3 is 2.89 bits per heavy atom. The number of rotatable bonds is 4. The fourth-order valence-electron chi connectivity index (χ4n) is 2.41. The first kappa shape index (κ1) is 14.3. The van der Waals surface area contributed by atoms with Gasteiger partial charge >= 0.3 is 0 Å². The molecule has 106 valence electrons. The van der Waals surface area contributed by atoms with Gasteiger partial charge in [-0.2, -0.15) is 0 Å². The van der Waals surface area contributed by atoms with Gasteiger partial charge in [0.25, 0.3) is 0 Å². The van der Waals surface area contributed by atoms with Crippen LogP contribution in [0.1, 0.15) is 26.3 Å². The molecule has 0 amide bonds. The highest BCUT2D eigenvalue weighted by Crippen LogP contribution is 2.20. The van der Waals surface area contributed by atoms with E-state index in [1.165, 1.54) is 5.56 Å². The average Bonchev–Trinajstić information content (AvgIpc) is 2.40.